The predicted octanol–water partition coefficient (Wildman–Crippen LogP) is -1.62. The van der Waals surface area contributed by atoms with Gasteiger partial charge < -0.3 is 31.9 Å². The Morgan fingerprint density at radius 1 is 1.33 bits per heavy atom. The number of aliphatic hydroxyl groups excluding tert-OH is 1. The van der Waals surface area contributed by atoms with Crippen LogP contribution in [0.1, 0.15) is 39.0 Å². The van der Waals surface area contributed by atoms with Gasteiger partial charge in [0.15, 0.2) is 0 Å². The summed E-state index contributed by atoms with van der Waals surface area (Å²) in [5, 5.41) is 21.5. The molecule has 9 heteroatoms. The topological polar surface area (TPSA) is 159 Å². The molecular weight excluding hydrogens is 316 g/mol. The van der Waals surface area contributed by atoms with Crippen molar-refractivity contribution in [3.05, 3.63) is 0 Å². The van der Waals surface area contributed by atoms with Crippen LogP contribution >= 0.6 is 0 Å². The maximum atomic E-state index is 12.3. The molecule has 0 radical (unpaired) electrons. The van der Waals surface area contributed by atoms with E-state index in [4.69, 9.17) is 16.6 Å². The van der Waals surface area contributed by atoms with Crippen molar-refractivity contribution >= 4 is 17.8 Å². The summed E-state index contributed by atoms with van der Waals surface area (Å²) in [4.78, 5) is 36.7. The van der Waals surface area contributed by atoms with E-state index < -0.39 is 42.0 Å². The molecule has 0 aromatic rings. The molecular formula is C15H28N4O5. The molecule has 4 atom stereocenters. The first-order chi connectivity index (χ1) is 11.3. The van der Waals surface area contributed by atoms with Crippen LogP contribution in [0.25, 0.3) is 0 Å². The van der Waals surface area contributed by atoms with Gasteiger partial charge in [-0.2, -0.15) is 0 Å². The van der Waals surface area contributed by atoms with Crippen LogP contribution in [0.5, 0.6) is 0 Å². The van der Waals surface area contributed by atoms with Crippen LogP contribution in [0, 0.1) is 0 Å². The first-order valence-electron chi connectivity index (χ1n) is 8.27. The molecule has 7 N–H and O–H groups in total. The van der Waals surface area contributed by atoms with E-state index in [1.54, 1.807) is 0 Å². The number of unbranched alkanes of at least 4 members (excludes halogenated alkanes) is 1. The molecule has 2 amide bonds. The van der Waals surface area contributed by atoms with Crippen molar-refractivity contribution in [3.8, 4) is 0 Å². The number of aliphatic carboxylic acids is 1. The third-order valence-corrected chi connectivity index (χ3v) is 4.22. The molecule has 1 heterocycles. The number of aliphatic hydroxyl groups is 1. The van der Waals surface area contributed by atoms with Gasteiger partial charge in [0.05, 0.1) is 0 Å². The summed E-state index contributed by atoms with van der Waals surface area (Å²) in [5.74, 6) is -2.26. The number of rotatable bonds is 9. The Morgan fingerprint density at radius 2 is 2.00 bits per heavy atom. The lowest BCUT2D eigenvalue weighted by Crippen LogP contribution is -2.54. The molecule has 2 unspecified atom stereocenters. The van der Waals surface area contributed by atoms with Gasteiger partial charge in [0.2, 0.25) is 5.91 Å². The van der Waals surface area contributed by atoms with E-state index in [9.17, 15) is 19.5 Å². The van der Waals surface area contributed by atoms with E-state index in [2.05, 4.69) is 5.32 Å². The summed E-state index contributed by atoms with van der Waals surface area (Å²) >= 11 is 0. The monoisotopic (exact) mass is 344 g/mol. The van der Waals surface area contributed by atoms with Gasteiger partial charge in [-0.15, -0.1) is 0 Å². The number of nitrogens with zero attached hydrogens (tertiary/aromatic N) is 1. The summed E-state index contributed by atoms with van der Waals surface area (Å²) in [6.45, 7) is 2.32. The van der Waals surface area contributed by atoms with E-state index in [1.165, 1.54) is 11.8 Å². The van der Waals surface area contributed by atoms with Gasteiger partial charge in [-0.25, -0.2) is 4.79 Å². The zero-order valence-electron chi connectivity index (χ0n) is 14.0. The molecule has 0 aliphatic carbocycles. The molecule has 1 rings (SSSR count). The number of carboxylic acid groups (broad SMARTS) is 1. The van der Waals surface area contributed by atoms with Gasteiger partial charge in [-0.3, -0.25) is 9.59 Å². The number of carbonyl (C=O) groups excluding carboxylic acids is 2. The average molecular weight is 344 g/mol. The standard InChI is InChI=1S/C15H28N4O5/c1-9(14(22)19-8-4-6-11(19)15(23)24)18-13(21)12(20)10(17)5-2-3-7-16/h9-12,20H,2-8,16-17H2,1H3,(H,18,21)(H,23,24)/t9-,10?,11-,12?/m0/s1. The summed E-state index contributed by atoms with van der Waals surface area (Å²) in [6.07, 6.45) is 1.48. The summed E-state index contributed by atoms with van der Waals surface area (Å²) < 4.78 is 0. The van der Waals surface area contributed by atoms with Crippen LogP contribution in [0.3, 0.4) is 0 Å². The van der Waals surface area contributed by atoms with E-state index in [0.29, 0.717) is 38.8 Å². The average Bonchev–Trinajstić information content (AvgIpc) is 3.03. The van der Waals surface area contributed by atoms with Crippen LogP contribution in [-0.4, -0.2) is 70.2 Å². The minimum absolute atomic E-state index is 0.344. The SMILES string of the molecule is C[C@H](NC(=O)C(O)C(N)CCCCN)C(=O)N1CCC[C@H]1C(=O)O. The second kappa shape index (κ2) is 9.55. The summed E-state index contributed by atoms with van der Waals surface area (Å²) in [7, 11) is 0. The Bertz CT molecular complexity index is 459. The van der Waals surface area contributed by atoms with Crippen molar-refractivity contribution < 1.29 is 24.6 Å². The highest BCUT2D eigenvalue weighted by Crippen LogP contribution is 2.18. The number of amides is 2. The lowest BCUT2D eigenvalue weighted by molar-refractivity contribution is -0.149. The number of nitrogens with one attached hydrogen (secondary N) is 1. The van der Waals surface area contributed by atoms with E-state index >= 15 is 0 Å². The quantitative estimate of drug-likeness (QED) is 0.314. The fraction of sp³-hybridized carbons (Fsp3) is 0.800. The number of carbonyl (C=O) groups is 3. The van der Waals surface area contributed by atoms with Crippen LogP contribution in [0.15, 0.2) is 0 Å². The van der Waals surface area contributed by atoms with Gasteiger partial charge in [-0.05, 0) is 39.2 Å². The lowest BCUT2D eigenvalue weighted by atomic mass is 10.0. The Labute approximate surface area is 141 Å². The molecule has 0 spiro atoms. The van der Waals surface area contributed by atoms with Crippen molar-refractivity contribution in [2.24, 2.45) is 11.5 Å². The second-order valence-corrected chi connectivity index (χ2v) is 6.15. The summed E-state index contributed by atoms with van der Waals surface area (Å²) in [6, 6.07) is -2.53. The number of nitrogens with two attached hydrogens (primary N) is 2. The van der Waals surface area contributed by atoms with Gasteiger partial charge in [0, 0.05) is 12.6 Å². The third kappa shape index (κ3) is 5.43. The Hall–Kier alpha value is -1.71. The Morgan fingerprint density at radius 3 is 2.58 bits per heavy atom. The highest BCUT2D eigenvalue weighted by molar-refractivity contribution is 5.91. The zero-order chi connectivity index (χ0) is 18.3. The van der Waals surface area contributed by atoms with Crippen molar-refractivity contribution in [2.75, 3.05) is 13.1 Å². The van der Waals surface area contributed by atoms with Crippen molar-refractivity contribution in [3.63, 3.8) is 0 Å². The van der Waals surface area contributed by atoms with Gasteiger partial charge in [0.1, 0.15) is 18.2 Å². The van der Waals surface area contributed by atoms with Crippen LogP contribution < -0.4 is 16.8 Å². The highest BCUT2D eigenvalue weighted by Gasteiger charge is 2.36. The molecule has 1 aliphatic heterocycles. The number of likely N-dealkylation sites (tertiary alicyclic amines) is 1. The fourth-order valence-corrected chi connectivity index (χ4v) is 2.77. The Kier molecular flexibility index (Phi) is 8.09. The first kappa shape index (κ1) is 20.3. The van der Waals surface area contributed by atoms with Gasteiger partial charge in [0.25, 0.3) is 5.91 Å². The minimum atomic E-state index is -1.42. The molecule has 1 fully saturated rings. The third-order valence-electron chi connectivity index (χ3n) is 4.22. The molecule has 138 valence electrons. The van der Waals surface area contributed by atoms with Crippen molar-refractivity contribution in [1.82, 2.24) is 10.2 Å². The number of hydrogen-bond donors (Lipinski definition) is 5. The first-order valence-corrected chi connectivity index (χ1v) is 8.27. The molecule has 0 aromatic heterocycles. The molecule has 0 aromatic carbocycles. The molecule has 0 bridgehead atoms. The Balaban J connectivity index is 2.53. The smallest absolute Gasteiger partial charge is 0.326 e. The molecule has 1 saturated heterocycles. The molecule has 24 heavy (non-hydrogen) atoms. The zero-order valence-corrected chi connectivity index (χ0v) is 14.0. The molecule has 1 aliphatic rings. The largest absolute Gasteiger partial charge is 0.480 e. The maximum Gasteiger partial charge on any atom is 0.326 e. The number of hydrogen-bond acceptors (Lipinski definition) is 6. The maximum absolute atomic E-state index is 12.3. The molecule has 0 saturated carbocycles. The van der Waals surface area contributed by atoms with E-state index in [-0.39, 0.29) is 0 Å². The van der Waals surface area contributed by atoms with Crippen molar-refractivity contribution in [1.29, 1.82) is 0 Å². The highest BCUT2D eigenvalue weighted by atomic mass is 16.4. The summed E-state index contributed by atoms with van der Waals surface area (Å²) in [5.41, 5.74) is 11.1. The predicted molar refractivity (Wildman–Crippen MR) is 86.9 cm³/mol. The van der Waals surface area contributed by atoms with Crippen LogP contribution in [-0.2, 0) is 14.4 Å². The van der Waals surface area contributed by atoms with Crippen molar-refractivity contribution in [2.45, 2.75) is 63.3 Å². The normalized spacial score (nSPS) is 21.2. The fourth-order valence-electron chi connectivity index (χ4n) is 2.77. The molecule has 9 nitrogen and oxygen atoms in total. The van der Waals surface area contributed by atoms with Crippen LogP contribution in [0.2, 0.25) is 0 Å². The van der Waals surface area contributed by atoms with Gasteiger partial charge >= 0.3 is 5.97 Å². The van der Waals surface area contributed by atoms with E-state index in [0.717, 1.165) is 6.42 Å². The van der Waals surface area contributed by atoms with Crippen LogP contribution in [0.4, 0.5) is 0 Å². The number of carboxylic acids is 1. The van der Waals surface area contributed by atoms with Gasteiger partial charge in [-0.1, -0.05) is 6.42 Å². The second-order valence-electron chi connectivity index (χ2n) is 6.15. The van der Waals surface area contributed by atoms with E-state index in [1.807, 2.05) is 0 Å². The lowest BCUT2D eigenvalue weighted by Gasteiger charge is -2.26. The minimum Gasteiger partial charge on any atom is -0.480 e.